The molecule has 0 amide bonds. The van der Waals surface area contributed by atoms with E-state index in [1.807, 2.05) is 31.2 Å². The molecule has 2 N–H and O–H groups in total. The molecule has 0 radical (unpaired) electrons. The zero-order valence-electron chi connectivity index (χ0n) is 16.6. The van der Waals surface area contributed by atoms with Crippen molar-refractivity contribution in [1.82, 2.24) is 20.2 Å². The summed E-state index contributed by atoms with van der Waals surface area (Å²) >= 11 is 0. The number of aliphatic imine (C=N–C) groups is 1. The molecule has 0 aliphatic heterocycles. The smallest absolute Gasteiger partial charge is 0.319 e. The predicted octanol–water partition coefficient (Wildman–Crippen LogP) is 3.57. The Morgan fingerprint density at radius 2 is 2.00 bits per heavy atom. The standard InChI is InChI=1S/C19H27F2N5O2.HI/c1-3-28-12-4-9-23-19(24-13-15-5-7-16(27-2)8-6-15)25-14-17-22-10-11-26(17)18(20)21;/h5-8,10-11,18H,3-4,9,12-14H2,1-2H3,(H2,23,24,25);1H. The molecule has 0 aliphatic rings. The molecule has 2 aromatic rings. The van der Waals surface area contributed by atoms with Crippen molar-refractivity contribution in [3.8, 4) is 5.75 Å². The first-order valence-corrected chi connectivity index (χ1v) is 9.16. The Bertz CT molecular complexity index is 726. The van der Waals surface area contributed by atoms with E-state index in [1.54, 1.807) is 7.11 Å². The highest BCUT2D eigenvalue weighted by Crippen LogP contribution is 2.13. The first kappa shape index (κ1) is 25.1. The van der Waals surface area contributed by atoms with Crippen molar-refractivity contribution in [1.29, 1.82) is 0 Å². The lowest BCUT2D eigenvalue weighted by molar-refractivity contribution is 0.0668. The number of imidazole rings is 1. The number of guanidine groups is 1. The van der Waals surface area contributed by atoms with Crippen molar-refractivity contribution in [2.45, 2.75) is 33.0 Å². The summed E-state index contributed by atoms with van der Waals surface area (Å²) in [4.78, 5) is 8.50. The summed E-state index contributed by atoms with van der Waals surface area (Å²) in [5.74, 6) is 1.54. The Morgan fingerprint density at radius 1 is 1.24 bits per heavy atom. The second-order valence-corrected chi connectivity index (χ2v) is 5.87. The third kappa shape index (κ3) is 8.94. The van der Waals surface area contributed by atoms with E-state index >= 15 is 0 Å². The molecule has 1 heterocycles. The number of hydrogen-bond acceptors (Lipinski definition) is 4. The van der Waals surface area contributed by atoms with Gasteiger partial charge in [-0.25, -0.2) is 9.98 Å². The van der Waals surface area contributed by atoms with E-state index in [2.05, 4.69) is 20.6 Å². The van der Waals surface area contributed by atoms with Crippen molar-refractivity contribution in [3.63, 3.8) is 0 Å². The Balaban J connectivity index is 0.00000420. The molecule has 0 saturated heterocycles. The molecule has 0 fully saturated rings. The molecule has 162 valence electrons. The molecule has 1 aromatic heterocycles. The molecule has 0 spiro atoms. The Morgan fingerprint density at radius 3 is 2.66 bits per heavy atom. The quantitative estimate of drug-likeness (QED) is 0.204. The maximum absolute atomic E-state index is 13.0. The summed E-state index contributed by atoms with van der Waals surface area (Å²) in [6.45, 7) is 1.86. The number of halogens is 3. The Labute approximate surface area is 186 Å². The number of rotatable bonds is 11. The van der Waals surface area contributed by atoms with Crippen LogP contribution >= 0.6 is 24.0 Å². The van der Waals surface area contributed by atoms with Crippen LogP contribution in [0.25, 0.3) is 0 Å². The predicted molar refractivity (Wildman–Crippen MR) is 119 cm³/mol. The van der Waals surface area contributed by atoms with E-state index in [-0.39, 0.29) is 36.3 Å². The average Bonchev–Trinajstić information content (AvgIpc) is 3.18. The van der Waals surface area contributed by atoms with Gasteiger partial charge in [0.2, 0.25) is 0 Å². The lowest BCUT2D eigenvalue weighted by Crippen LogP contribution is -2.38. The van der Waals surface area contributed by atoms with Crippen molar-refractivity contribution in [2.75, 3.05) is 26.9 Å². The van der Waals surface area contributed by atoms with Gasteiger partial charge < -0.3 is 20.1 Å². The Hall–Kier alpha value is -1.95. The van der Waals surface area contributed by atoms with Crippen LogP contribution < -0.4 is 15.4 Å². The first-order valence-electron chi connectivity index (χ1n) is 9.16. The summed E-state index contributed by atoms with van der Waals surface area (Å²) in [5, 5.41) is 6.25. The number of aromatic nitrogens is 2. The van der Waals surface area contributed by atoms with Gasteiger partial charge in [-0.2, -0.15) is 8.78 Å². The number of hydrogen-bond donors (Lipinski definition) is 2. The largest absolute Gasteiger partial charge is 0.497 e. The zero-order chi connectivity index (χ0) is 20.2. The first-order chi connectivity index (χ1) is 13.6. The van der Waals surface area contributed by atoms with Gasteiger partial charge in [-0.15, -0.1) is 24.0 Å². The monoisotopic (exact) mass is 523 g/mol. The van der Waals surface area contributed by atoms with Crippen LogP contribution in [0.15, 0.2) is 41.7 Å². The molecular weight excluding hydrogens is 495 g/mol. The maximum Gasteiger partial charge on any atom is 0.319 e. The van der Waals surface area contributed by atoms with Gasteiger partial charge in [-0.1, -0.05) is 12.1 Å². The van der Waals surface area contributed by atoms with Crippen LogP contribution in [0, 0.1) is 0 Å². The second kappa shape index (κ2) is 14.1. The molecule has 0 aliphatic carbocycles. The third-order valence-electron chi connectivity index (χ3n) is 3.91. The molecule has 0 atom stereocenters. The van der Waals surface area contributed by atoms with Gasteiger partial charge in [0.25, 0.3) is 0 Å². The number of methoxy groups -OCH3 is 1. The Kier molecular flexibility index (Phi) is 12.2. The number of nitrogens with one attached hydrogen (secondary N) is 2. The van der Waals surface area contributed by atoms with Gasteiger partial charge in [0.15, 0.2) is 5.96 Å². The van der Waals surface area contributed by atoms with Gasteiger partial charge in [-0.3, -0.25) is 4.57 Å². The molecule has 0 unspecified atom stereocenters. The van der Waals surface area contributed by atoms with Crippen LogP contribution in [-0.4, -0.2) is 42.4 Å². The minimum absolute atomic E-state index is 0. The SMILES string of the molecule is CCOCCCNC(=NCc1ccc(OC)cc1)NCc1nccn1C(F)F.I. The van der Waals surface area contributed by atoms with Crippen molar-refractivity contribution in [3.05, 3.63) is 48.0 Å². The highest BCUT2D eigenvalue weighted by atomic mass is 127. The van der Waals surface area contributed by atoms with Gasteiger partial charge in [0, 0.05) is 32.2 Å². The fourth-order valence-corrected chi connectivity index (χ4v) is 2.42. The summed E-state index contributed by atoms with van der Waals surface area (Å²) in [5.41, 5.74) is 1.00. The molecule has 10 heteroatoms. The fourth-order valence-electron chi connectivity index (χ4n) is 2.42. The van der Waals surface area contributed by atoms with Crippen LogP contribution in [0.3, 0.4) is 0 Å². The summed E-state index contributed by atoms with van der Waals surface area (Å²) in [6, 6.07) is 7.59. The zero-order valence-corrected chi connectivity index (χ0v) is 18.9. The highest BCUT2D eigenvalue weighted by molar-refractivity contribution is 14.0. The minimum atomic E-state index is -2.63. The third-order valence-corrected chi connectivity index (χ3v) is 3.91. The summed E-state index contributed by atoms with van der Waals surface area (Å²) in [7, 11) is 1.62. The van der Waals surface area contributed by atoms with Crippen molar-refractivity contribution >= 4 is 29.9 Å². The maximum atomic E-state index is 13.0. The number of nitrogens with zero attached hydrogens (tertiary/aromatic N) is 3. The van der Waals surface area contributed by atoms with Crippen LogP contribution in [0.2, 0.25) is 0 Å². The number of ether oxygens (including phenoxy) is 2. The van der Waals surface area contributed by atoms with Gasteiger partial charge >= 0.3 is 6.55 Å². The summed E-state index contributed by atoms with van der Waals surface area (Å²) < 4.78 is 37.2. The van der Waals surface area contributed by atoms with E-state index in [0.717, 1.165) is 22.3 Å². The lowest BCUT2D eigenvalue weighted by atomic mass is 10.2. The number of benzene rings is 1. The van der Waals surface area contributed by atoms with Crippen LogP contribution in [0.1, 0.15) is 31.3 Å². The van der Waals surface area contributed by atoms with Crippen LogP contribution in [0.5, 0.6) is 5.75 Å². The lowest BCUT2D eigenvalue weighted by Gasteiger charge is -2.13. The van der Waals surface area contributed by atoms with Crippen LogP contribution in [0.4, 0.5) is 8.78 Å². The van der Waals surface area contributed by atoms with E-state index in [1.165, 1.54) is 12.4 Å². The van der Waals surface area contributed by atoms with Gasteiger partial charge in [0.1, 0.15) is 11.6 Å². The average molecular weight is 523 g/mol. The van der Waals surface area contributed by atoms with E-state index < -0.39 is 6.55 Å². The van der Waals surface area contributed by atoms with E-state index in [9.17, 15) is 8.78 Å². The van der Waals surface area contributed by atoms with Gasteiger partial charge in [-0.05, 0) is 31.0 Å². The topological polar surface area (TPSA) is 72.7 Å². The highest BCUT2D eigenvalue weighted by Gasteiger charge is 2.11. The number of alkyl halides is 2. The van der Waals surface area contributed by atoms with Crippen LogP contribution in [-0.2, 0) is 17.8 Å². The molecule has 1 aromatic carbocycles. The van der Waals surface area contributed by atoms with Crippen molar-refractivity contribution < 1.29 is 18.3 Å². The fraction of sp³-hybridized carbons (Fsp3) is 0.474. The van der Waals surface area contributed by atoms with Crippen molar-refractivity contribution in [2.24, 2.45) is 4.99 Å². The molecule has 29 heavy (non-hydrogen) atoms. The molecule has 2 rings (SSSR count). The summed E-state index contributed by atoms with van der Waals surface area (Å²) in [6.07, 6.45) is 3.42. The van der Waals surface area contributed by atoms with Gasteiger partial charge in [0.05, 0.1) is 20.2 Å². The van der Waals surface area contributed by atoms with E-state index in [4.69, 9.17) is 9.47 Å². The minimum Gasteiger partial charge on any atom is -0.497 e. The molecule has 0 bridgehead atoms. The second-order valence-electron chi connectivity index (χ2n) is 5.87. The molecule has 7 nitrogen and oxygen atoms in total. The molecule has 0 saturated carbocycles. The normalized spacial score (nSPS) is 11.3. The van der Waals surface area contributed by atoms with E-state index in [0.29, 0.717) is 32.3 Å². The molecular formula is C19H28F2IN5O2.